The Kier molecular flexibility index (Phi) is 7.15. The van der Waals surface area contributed by atoms with Crippen LogP contribution in [0.15, 0.2) is 36.8 Å². The van der Waals surface area contributed by atoms with Gasteiger partial charge in [0.05, 0.1) is 36.6 Å². The van der Waals surface area contributed by atoms with Gasteiger partial charge < -0.3 is 15.4 Å². The smallest absolute Gasteiger partial charge is 0.263 e. The molecule has 182 valence electrons. The summed E-state index contributed by atoms with van der Waals surface area (Å²) in [6, 6.07) is 6.34. The van der Waals surface area contributed by atoms with Gasteiger partial charge in [-0.2, -0.15) is 5.10 Å². The van der Waals surface area contributed by atoms with E-state index in [1.165, 1.54) is 0 Å². The fraction of sp³-hybridized carbons (Fsp3) is 0.435. The van der Waals surface area contributed by atoms with Crippen molar-refractivity contribution >= 4 is 15.8 Å². The predicted molar refractivity (Wildman–Crippen MR) is 131 cm³/mol. The summed E-state index contributed by atoms with van der Waals surface area (Å²) >= 11 is 0. The molecule has 2 aromatic heterocycles. The number of likely N-dealkylation sites (tertiary alicyclic amines) is 1. The highest BCUT2D eigenvalue weighted by Gasteiger charge is 2.20. The van der Waals surface area contributed by atoms with Gasteiger partial charge in [-0.25, -0.2) is 23.1 Å². The van der Waals surface area contributed by atoms with Crippen molar-refractivity contribution in [3.63, 3.8) is 0 Å². The highest BCUT2D eigenvalue weighted by molar-refractivity contribution is 7.88. The predicted octanol–water partition coefficient (Wildman–Crippen LogP) is 2.38. The second kappa shape index (κ2) is 10.1. The van der Waals surface area contributed by atoms with Crippen molar-refractivity contribution in [3.05, 3.63) is 47.9 Å². The Labute approximate surface area is 200 Å². The summed E-state index contributed by atoms with van der Waals surface area (Å²) in [7, 11) is -1.10. The number of hydrogen-bond acceptors (Lipinski definition) is 8. The molecule has 1 aliphatic heterocycles. The van der Waals surface area contributed by atoms with Gasteiger partial charge in [-0.05, 0) is 64.0 Å². The van der Waals surface area contributed by atoms with Crippen LogP contribution in [0.4, 0.5) is 5.82 Å². The normalized spacial score (nSPS) is 15.5. The third kappa shape index (κ3) is 6.31. The topological polar surface area (TPSA) is 128 Å². The van der Waals surface area contributed by atoms with Gasteiger partial charge >= 0.3 is 0 Å². The maximum Gasteiger partial charge on any atom is 0.263 e. The zero-order valence-electron chi connectivity index (χ0n) is 19.7. The van der Waals surface area contributed by atoms with Crippen molar-refractivity contribution in [1.29, 1.82) is 0 Å². The van der Waals surface area contributed by atoms with Crippen molar-refractivity contribution in [3.8, 4) is 22.9 Å². The Morgan fingerprint density at radius 1 is 1.21 bits per heavy atom. The maximum atomic E-state index is 11.3. The van der Waals surface area contributed by atoms with Crippen molar-refractivity contribution in [1.82, 2.24) is 29.4 Å². The molecule has 0 amide bonds. The lowest BCUT2D eigenvalue weighted by Crippen LogP contribution is -2.31. The Balaban J connectivity index is 1.50. The summed E-state index contributed by atoms with van der Waals surface area (Å²) in [5.41, 5.74) is 9.55. The van der Waals surface area contributed by atoms with E-state index in [1.54, 1.807) is 12.4 Å². The zero-order chi connectivity index (χ0) is 24.3. The molecule has 0 spiro atoms. The number of piperidine rings is 1. The number of ether oxygens (including phenoxy) is 1. The first-order valence-electron chi connectivity index (χ1n) is 11.2. The first kappa shape index (κ1) is 24.1. The minimum atomic E-state index is -3.23. The molecule has 3 N–H and O–H groups in total. The number of benzene rings is 1. The van der Waals surface area contributed by atoms with Gasteiger partial charge in [-0.15, -0.1) is 0 Å². The molecule has 3 heterocycles. The highest BCUT2D eigenvalue weighted by atomic mass is 32.2. The fourth-order valence-electron chi connectivity index (χ4n) is 4.08. The minimum Gasteiger partial charge on any atom is -0.433 e. The number of anilines is 1. The van der Waals surface area contributed by atoms with E-state index >= 15 is 0 Å². The molecule has 10 nitrogen and oxygen atoms in total. The van der Waals surface area contributed by atoms with Crippen molar-refractivity contribution in [2.45, 2.75) is 32.2 Å². The first-order chi connectivity index (χ1) is 16.2. The number of hydrogen-bond donors (Lipinski definition) is 2. The average Bonchev–Trinajstić information content (AvgIpc) is 3.23. The van der Waals surface area contributed by atoms with Crippen LogP contribution in [-0.4, -0.2) is 66.0 Å². The molecular weight excluding hydrogens is 454 g/mol. The monoisotopic (exact) mass is 485 g/mol. The van der Waals surface area contributed by atoms with Crippen LogP contribution in [-0.2, 0) is 16.4 Å². The molecule has 0 saturated carbocycles. The number of nitrogens with two attached hydrogens (primary N) is 1. The van der Waals surface area contributed by atoms with E-state index in [0.29, 0.717) is 30.5 Å². The molecule has 0 bridgehead atoms. The van der Waals surface area contributed by atoms with Crippen LogP contribution in [0.2, 0.25) is 0 Å². The standard InChI is InChI=1S/C23H31N7O3S/c1-16-10-17(4-7-27-34(3,31)32)12-18(11-16)21-14-25-22(24)23(28-21)33-20-13-26-30(15-20)19-5-8-29(2)9-6-19/h10-15,19,27H,4-9H2,1-3H3,(H2,24,25). The van der Waals surface area contributed by atoms with E-state index in [0.717, 1.165) is 48.9 Å². The quantitative estimate of drug-likeness (QED) is 0.498. The van der Waals surface area contributed by atoms with Gasteiger partial charge in [0.25, 0.3) is 5.88 Å². The number of aromatic nitrogens is 4. The average molecular weight is 486 g/mol. The van der Waals surface area contributed by atoms with Crippen molar-refractivity contribution in [2.24, 2.45) is 0 Å². The largest absolute Gasteiger partial charge is 0.433 e. The number of rotatable bonds is 8. The molecule has 0 atom stereocenters. The zero-order valence-corrected chi connectivity index (χ0v) is 20.5. The molecular formula is C23H31N7O3S. The number of nitrogen functional groups attached to an aromatic ring is 1. The first-order valence-corrected chi connectivity index (χ1v) is 13.1. The van der Waals surface area contributed by atoms with Crippen molar-refractivity contribution in [2.75, 3.05) is 38.7 Å². The lowest BCUT2D eigenvalue weighted by molar-refractivity contribution is 0.212. The molecule has 1 aliphatic rings. The Morgan fingerprint density at radius 3 is 2.71 bits per heavy atom. The molecule has 1 saturated heterocycles. The second-order valence-electron chi connectivity index (χ2n) is 8.86. The van der Waals surface area contributed by atoms with Gasteiger partial charge in [-0.1, -0.05) is 11.6 Å². The Bertz CT molecular complexity index is 1250. The van der Waals surface area contributed by atoms with Crippen LogP contribution < -0.4 is 15.2 Å². The van der Waals surface area contributed by atoms with Crippen molar-refractivity contribution < 1.29 is 13.2 Å². The SMILES string of the molecule is Cc1cc(CCNS(C)(=O)=O)cc(-c2cnc(N)c(Oc3cnn(C4CCN(C)CC4)c3)n2)c1. The van der Waals surface area contributed by atoms with Crippen LogP contribution in [0.3, 0.4) is 0 Å². The highest BCUT2D eigenvalue weighted by Crippen LogP contribution is 2.29. The second-order valence-corrected chi connectivity index (χ2v) is 10.7. The van der Waals surface area contributed by atoms with Crippen LogP contribution in [0, 0.1) is 6.92 Å². The fourth-order valence-corrected chi connectivity index (χ4v) is 4.55. The van der Waals surface area contributed by atoms with Gasteiger partial charge in [0.2, 0.25) is 10.0 Å². The molecule has 34 heavy (non-hydrogen) atoms. The van der Waals surface area contributed by atoms with E-state index < -0.39 is 10.0 Å². The van der Waals surface area contributed by atoms with Gasteiger partial charge in [-0.3, -0.25) is 4.68 Å². The van der Waals surface area contributed by atoms with Crippen LogP contribution in [0.25, 0.3) is 11.3 Å². The van der Waals surface area contributed by atoms with Crippen LogP contribution in [0.1, 0.15) is 30.0 Å². The summed E-state index contributed by atoms with van der Waals surface area (Å²) in [4.78, 5) is 11.2. The summed E-state index contributed by atoms with van der Waals surface area (Å²) in [5, 5.41) is 4.48. The number of aryl methyl sites for hydroxylation is 1. The summed E-state index contributed by atoms with van der Waals surface area (Å²) < 4.78 is 33.1. The summed E-state index contributed by atoms with van der Waals surface area (Å²) in [5.74, 6) is 0.983. The molecule has 1 aromatic carbocycles. The summed E-state index contributed by atoms with van der Waals surface area (Å²) in [6.45, 7) is 4.40. The van der Waals surface area contributed by atoms with Gasteiger partial charge in [0, 0.05) is 12.1 Å². The summed E-state index contributed by atoms with van der Waals surface area (Å²) in [6.07, 6.45) is 8.96. The van der Waals surface area contributed by atoms with E-state index in [9.17, 15) is 8.42 Å². The Morgan fingerprint density at radius 2 is 1.97 bits per heavy atom. The van der Waals surface area contributed by atoms with E-state index in [4.69, 9.17) is 10.5 Å². The maximum absolute atomic E-state index is 11.3. The lowest BCUT2D eigenvalue weighted by Gasteiger charge is -2.28. The number of nitrogens with zero attached hydrogens (tertiary/aromatic N) is 5. The lowest BCUT2D eigenvalue weighted by atomic mass is 10.0. The molecule has 0 aliphatic carbocycles. The van der Waals surface area contributed by atoms with Gasteiger partial charge in [0.15, 0.2) is 11.6 Å². The van der Waals surface area contributed by atoms with Gasteiger partial charge in [0.1, 0.15) is 0 Å². The van der Waals surface area contributed by atoms with Crippen LogP contribution in [0.5, 0.6) is 11.6 Å². The third-order valence-corrected chi connectivity index (χ3v) is 6.56. The molecule has 0 radical (unpaired) electrons. The van der Waals surface area contributed by atoms with E-state index in [-0.39, 0.29) is 11.7 Å². The van der Waals surface area contributed by atoms with E-state index in [1.807, 2.05) is 36.0 Å². The molecule has 0 unspecified atom stereocenters. The minimum absolute atomic E-state index is 0.195. The third-order valence-electron chi connectivity index (χ3n) is 5.83. The number of nitrogens with one attached hydrogen (secondary N) is 1. The molecule has 4 rings (SSSR count). The molecule has 1 fully saturated rings. The molecule has 11 heteroatoms. The van der Waals surface area contributed by atoms with E-state index in [2.05, 4.69) is 31.7 Å². The van der Waals surface area contributed by atoms with Crippen LogP contribution >= 0.6 is 0 Å². The number of sulfonamides is 1. The molecule has 3 aromatic rings. The Hall–Kier alpha value is -3.02.